The van der Waals surface area contributed by atoms with Crippen LogP contribution >= 0.6 is 0 Å². The van der Waals surface area contributed by atoms with E-state index in [-0.39, 0.29) is 23.7 Å². The number of nitrogens with one attached hydrogen (secondary N) is 2. The molecule has 3 unspecified atom stereocenters. The summed E-state index contributed by atoms with van der Waals surface area (Å²) in [5.74, 6) is 0.914. The van der Waals surface area contributed by atoms with E-state index in [2.05, 4.69) is 16.7 Å². The molecule has 0 aromatic heterocycles. The van der Waals surface area contributed by atoms with Gasteiger partial charge in [0, 0.05) is 18.4 Å². The number of carbonyl (C=O) groups is 1. The molecule has 23 heavy (non-hydrogen) atoms. The number of aliphatic hydroxyl groups is 1. The van der Waals surface area contributed by atoms with Gasteiger partial charge in [-0.15, -0.1) is 0 Å². The zero-order valence-corrected chi connectivity index (χ0v) is 13.7. The number of ether oxygens (including phenoxy) is 1. The Kier molecular flexibility index (Phi) is 4.76. The fourth-order valence-corrected chi connectivity index (χ4v) is 3.51. The highest BCUT2D eigenvalue weighted by Crippen LogP contribution is 2.35. The van der Waals surface area contributed by atoms with Gasteiger partial charge in [0.1, 0.15) is 11.9 Å². The average Bonchev–Trinajstić information content (AvgIpc) is 2.97. The maximum atomic E-state index is 12.0. The van der Waals surface area contributed by atoms with E-state index in [1.54, 1.807) is 0 Å². The van der Waals surface area contributed by atoms with Crippen LogP contribution in [-0.4, -0.2) is 36.4 Å². The van der Waals surface area contributed by atoms with Crippen LogP contribution in [0.5, 0.6) is 5.75 Å². The summed E-state index contributed by atoms with van der Waals surface area (Å²) in [6.07, 6.45) is 4.46. The first-order chi connectivity index (χ1) is 11.1. The van der Waals surface area contributed by atoms with Crippen LogP contribution in [0.3, 0.4) is 0 Å². The zero-order chi connectivity index (χ0) is 16.3. The molecule has 1 heterocycles. The van der Waals surface area contributed by atoms with Gasteiger partial charge in [-0.3, -0.25) is 0 Å². The zero-order valence-electron chi connectivity index (χ0n) is 13.7. The van der Waals surface area contributed by atoms with E-state index < -0.39 is 0 Å². The van der Waals surface area contributed by atoms with E-state index in [1.165, 1.54) is 5.56 Å². The molecule has 1 aromatic rings. The van der Waals surface area contributed by atoms with Crippen molar-refractivity contribution >= 4 is 6.03 Å². The second-order valence-corrected chi connectivity index (χ2v) is 7.03. The highest BCUT2D eigenvalue weighted by Gasteiger charge is 2.35. The molecule has 2 amide bonds. The van der Waals surface area contributed by atoms with Crippen molar-refractivity contribution in [3.8, 4) is 5.75 Å². The summed E-state index contributed by atoms with van der Waals surface area (Å²) < 4.78 is 5.81. The first-order valence-corrected chi connectivity index (χ1v) is 8.51. The molecule has 0 spiro atoms. The first kappa shape index (κ1) is 16.1. The lowest BCUT2D eigenvalue weighted by atomic mass is 9.73. The van der Waals surface area contributed by atoms with Gasteiger partial charge in [-0.2, -0.15) is 0 Å². The van der Waals surface area contributed by atoms with Gasteiger partial charge in [0.15, 0.2) is 0 Å². The first-order valence-electron chi connectivity index (χ1n) is 8.51. The van der Waals surface area contributed by atoms with Gasteiger partial charge in [0.05, 0.1) is 12.6 Å². The van der Waals surface area contributed by atoms with Gasteiger partial charge >= 0.3 is 6.03 Å². The standard InChI is InChI=1S/C18H26N2O3/c1-18(9-5-4-8-16(18)21)12-20-17(22)19-11-14-10-13-6-2-3-7-15(13)23-14/h2-3,6-7,14,16,21H,4-5,8-12H2,1H3,(H2,19,20,22). The van der Waals surface area contributed by atoms with E-state index >= 15 is 0 Å². The molecule has 0 saturated heterocycles. The van der Waals surface area contributed by atoms with Crippen LogP contribution in [0, 0.1) is 5.41 Å². The van der Waals surface area contributed by atoms with Crippen molar-refractivity contribution in [2.24, 2.45) is 5.41 Å². The number of hydrogen-bond acceptors (Lipinski definition) is 3. The van der Waals surface area contributed by atoms with Crippen LogP contribution < -0.4 is 15.4 Å². The highest BCUT2D eigenvalue weighted by atomic mass is 16.5. The Morgan fingerprint density at radius 2 is 2.17 bits per heavy atom. The highest BCUT2D eigenvalue weighted by molar-refractivity contribution is 5.73. The van der Waals surface area contributed by atoms with Gasteiger partial charge in [0.2, 0.25) is 0 Å². The Morgan fingerprint density at radius 1 is 1.35 bits per heavy atom. The summed E-state index contributed by atoms with van der Waals surface area (Å²) in [4.78, 5) is 12.0. The van der Waals surface area contributed by atoms with Crippen LogP contribution in [0.15, 0.2) is 24.3 Å². The molecule has 5 nitrogen and oxygen atoms in total. The number of aliphatic hydroxyl groups excluding tert-OH is 1. The molecule has 1 aromatic carbocycles. The molecule has 3 N–H and O–H groups in total. The summed E-state index contributed by atoms with van der Waals surface area (Å²) >= 11 is 0. The van der Waals surface area contributed by atoms with Crippen LogP contribution in [0.25, 0.3) is 0 Å². The third-order valence-corrected chi connectivity index (χ3v) is 5.14. The molecular weight excluding hydrogens is 292 g/mol. The van der Waals surface area contributed by atoms with Gasteiger partial charge in [0.25, 0.3) is 0 Å². The Bertz CT molecular complexity index is 538. The molecule has 0 bridgehead atoms. The summed E-state index contributed by atoms with van der Waals surface area (Å²) in [5.41, 5.74) is 0.980. The number of rotatable bonds is 4. The topological polar surface area (TPSA) is 70.6 Å². The Labute approximate surface area is 137 Å². The number of para-hydroxylation sites is 1. The summed E-state index contributed by atoms with van der Waals surface area (Å²) in [7, 11) is 0. The van der Waals surface area contributed by atoms with Gasteiger partial charge in [-0.05, 0) is 24.5 Å². The quantitative estimate of drug-likeness (QED) is 0.797. The van der Waals surface area contributed by atoms with Crippen LogP contribution in [0.2, 0.25) is 0 Å². The van der Waals surface area contributed by atoms with Crippen molar-refractivity contribution in [2.45, 2.75) is 51.2 Å². The third kappa shape index (κ3) is 3.78. The fraction of sp³-hybridized carbons (Fsp3) is 0.611. The lowest BCUT2D eigenvalue weighted by Gasteiger charge is -2.38. The lowest BCUT2D eigenvalue weighted by Crippen LogP contribution is -2.48. The minimum Gasteiger partial charge on any atom is -0.488 e. The maximum Gasteiger partial charge on any atom is 0.314 e. The Hall–Kier alpha value is -1.75. The minimum absolute atomic E-state index is 0.00555. The van der Waals surface area contributed by atoms with Gasteiger partial charge in [-0.25, -0.2) is 4.79 Å². The predicted octanol–water partition coefficient (Wildman–Crippen LogP) is 2.23. The average molecular weight is 318 g/mol. The predicted molar refractivity (Wildman–Crippen MR) is 88.5 cm³/mol. The fourth-order valence-electron chi connectivity index (χ4n) is 3.51. The summed E-state index contributed by atoms with van der Waals surface area (Å²) in [6, 6.07) is 7.78. The van der Waals surface area contributed by atoms with Crippen LogP contribution in [-0.2, 0) is 6.42 Å². The molecule has 0 radical (unpaired) electrons. The summed E-state index contributed by atoms with van der Waals surface area (Å²) in [6.45, 7) is 3.04. The Morgan fingerprint density at radius 3 is 2.96 bits per heavy atom. The van der Waals surface area contributed by atoms with Crippen molar-refractivity contribution in [2.75, 3.05) is 13.1 Å². The maximum absolute atomic E-state index is 12.0. The molecule has 1 saturated carbocycles. The third-order valence-electron chi connectivity index (χ3n) is 5.14. The van der Waals surface area contributed by atoms with Crippen molar-refractivity contribution in [1.82, 2.24) is 10.6 Å². The second kappa shape index (κ2) is 6.79. The van der Waals surface area contributed by atoms with Crippen molar-refractivity contribution < 1.29 is 14.6 Å². The molecule has 1 aliphatic carbocycles. The number of urea groups is 1. The number of carbonyl (C=O) groups excluding carboxylic acids is 1. The largest absolute Gasteiger partial charge is 0.488 e. The van der Waals surface area contributed by atoms with E-state index in [0.717, 1.165) is 37.9 Å². The molecule has 5 heteroatoms. The second-order valence-electron chi connectivity index (χ2n) is 7.03. The summed E-state index contributed by atoms with van der Waals surface area (Å²) in [5, 5.41) is 15.9. The van der Waals surface area contributed by atoms with Crippen LogP contribution in [0.1, 0.15) is 38.2 Å². The van der Waals surface area contributed by atoms with E-state index in [0.29, 0.717) is 13.1 Å². The molecule has 1 aliphatic heterocycles. The van der Waals surface area contributed by atoms with E-state index in [1.807, 2.05) is 25.1 Å². The molecule has 2 aliphatic rings. The molecule has 126 valence electrons. The monoisotopic (exact) mass is 318 g/mol. The van der Waals surface area contributed by atoms with Crippen LogP contribution in [0.4, 0.5) is 4.79 Å². The van der Waals surface area contributed by atoms with E-state index in [4.69, 9.17) is 4.74 Å². The molecule has 3 rings (SSSR count). The smallest absolute Gasteiger partial charge is 0.314 e. The SMILES string of the molecule is CC1(CNC(=O)NCC2Cc3ccccc3O2)CCCCC1O. The molecule has 3 atom stereocenters. The van der Waals surface area contributed by atoms with Crippen molar-refractivity contribution in [1.29, 1.82) is 0 Å². The minimum atomic E-state index is -0.329. The van der Waals surface area contributed by atoms with Gasteiger partial charge < -0.3 is 20.5 Å². The number of hydrogen-bond donors (Lipinski definition) is 3. The van der Waals surface area contributed by atoms with Crippen molar-refractivity contribution in [3.05, 3.63) is 29.8 Å². The lowest BCUT2D eigenvalue weighted by molar-refractivity contribution is 0.00306. The number of amides is 2. The molecular formula is C18H26N2O3. The van der Waals surface area contributed by atoms with E-state index in [9.17, 15) is 9.90 Å². The normalized spacial score (nSPS) is 29.5. The Balaban J connectivity index is 1.41. The number of fused-ring (bicyclic) bond motifs is 1. The number of benzene rings is 1. The van der Waals surface area contributed by atoms with Gasteiger partial charge in [-0.1, -0.05) is 38.0 Å². The molecule has 1 fully saturated rings. The van der Waals surface area contributed by atoms with Crippen molar-refractivity contribution in [3.63, 3.8) is 0 Å².